The fourth-order valence-corrected chi connectivity index (χ4v) is 3.22. The molecule has 0 saturated carbocycles. The third-order valence-electron chi connectivity index (χ3n) is 5.34. The minimum absolute atomic E-state index is 0.0872. The number of hydrogen-bond donors (Lipinski definition) is 0. The first-order chi connectivity index (χ1) is 11.2. The lowest BCUT2D eigenvalue weighted by Gasteiger charge is -2.40. The van der Waals surface area contributed by atoms with E-state index >= 15 is 0 Å². The van der Waals surface area contributed by atoms with Crippen LogP contribution in [0.1, 0.15) is 74.7 Å². The van der Waals surface area contributed by atoms with Gasteiger partial charge in [-0.2, -0.15) is 0 Å². The van der Waals surface area contributed by atoms with Crippen molar-refractivity contribution >= 4 is 20.5 Å². The third kappa shape index (κ3) is 9.00. The van der Waals surface area contributed by atoms with Crippen molar-refractivity contribution in [1.29, 1.82) is 0 Å². The summed E-state index contributed by atoms with van der Waals surface area (Å²) in [4.78, 5) is 16.0. The lowest BCUT2D eigenvalue weighted by Crippen LogP contribution is -2.44. The summed E-state index contributed by atoms with van der Waals surface area (Å²) >= 11 is 0. The summed E-state index contributed by atoms with van der Waals surface area (Å²) in [6.07, 6.45) is 4.79. The zero-order valence-electron chi connectivity index (χ0n) is 18.3. The molecule has 0 fully saturated rings. The summed E-state index contributed by atoms with van der Waals surface area (Å²) in [5.74, 6) is -0.278. The molecule has 0 bridgehead atoms. The third-order valence-corrected chi connectivity index (χ3v) is 9.82. The first kappa shape index (κ1) is 24.3. The smallest absolute Gasteiger partial charge is 0.328 e. The fraction of sp³-hybridized carbons (Fsp3) is 0.900. The highest BCUT2D eigenvalue weighted by atomic mass is 28.4. The van der Waals surface area contributed by atoms with Crippen molar-refractivity contribution in [3.05, 3.63) is 0 Å². The Kier molecular flexibility index (Phi) is 9.06. The van der Waals surface area contributed by atoms with Gasteiger partial charge in [-0.05, 0) is 63.6 Å². The molecule has 0 aromatic carbocycles. The average molecular weight is 372 g/mol. The van der Waals surface area contributed by atoms with Crippen molar-refractivity contribution in [2.24, 2.45) is 10.4 Å². The van der Waals surface area contributed by atoms with Crippen LogP contribution in [0.25, 0.3) is 0 Å². The van der Waals surface area contributed by atoms with Crippen LogP contribution in [0.3, 0.4) is 0 Å². The molecule has 0 aliphatic carbocycles. The summed E-state index contributed by atoms with van der Waals surface area (Å²) < 4.78 is 11.8. The topological polar surface area (TPSA) is 47.9 Å². The number of rotatable bonds is 9. The van der Waals surface area contributed by atoms with E-state index < -0.39 is 13.9 Å². The lowest BCUT2D eigenvalue weighted by molar-refractivity contribution is -0.152. The molecule has 0 amide bonds. The quantitative estimate of drug-likeness (QED) is 0.300. The Labute approximate surface area is 156 Å². The summed E-state index contributed by atoms with van der Waals surface area (Å²) in [7, 11) is -1.76. The normalized spacial score (nSPS) is 14.2. The molecule has 0 spiro atoms. The molecule has 0 N–H and O–H groups in total. The SMILES string of the molecule is CCC(CC)(CC=NCC(=O)OC(C)(C)C)CO[Si](C)(C)C(C)(C)C. The molecular weight excluding hydrogens is 330 g/mol. The number of ether oxygens (including phenoxy) is 1. The highest BCUT2D eigenvalue weighted by Crippen LogP contribution is 2.39. The van der Waals surface area contributed by atoms with Crippen LogP contribution in [0.15, 0.2) is 4.99 Å². The number of nitrogens with zero attached hydrogens (tertiary/aromatic N) is 1. The molecule has 4 nitrogen and oxygen atoms in total. The molecule has 0 saturated heterocycles. The average Bonchev–Trinajstić information content (AvgIpc) is 2.44. The van der Waals surface area contributed by atoms with E-state index in [2.05, 4.69) is 52.7 Å². The summed E-state index contributed by atoms with van der Waals surface area (Å²) in [6.45, 7) is 22.2. The molecule has 0 heterocycles. The van der Waals surface area contributed by atoms with E-state index in [9.17, 15) is 4.79 Å². The molecule has 0 unspecified atom stereocenters. The van der Waals surface area contributed by atoms with E-state index in [0.29, 0.717) is 0 Å². The molecule has 0 rings (SSSR count). The molecule has 0 aromatic heterocycles. The molecule has 0 radical (unpaired) electrons. The maximum Gasteiger partial charge on any atom is 0.328 e. The molecule has 0 aromatic rings. The van der Waals surface area contributed by atoms with Crippen LogP contribution in [0, 0.1) is 5.41 Å². The Balaban J connectivity index is 4.73. The van der Waals surface area contributed by atoms with Crippen molar-refractivity contribution in [1.82, 2.24) is 0 Å². The minimum atomic E-state index is -1.76. The Morgan fingerprint density at radius 3 is 1.96 bits per heavy atom. The fourth-order valence-electron chi connectivity index (χ4n) is 2.12. The van der Waals surface area contributed by atoms with Crippen LogP contribution in [0.5, 0.6) is 0 Å². The maximum absolute atomic E-state index is 11.7. The number of carbonyl (C=O) groups excluding carboxylic acids is 1. The van der Waals surface area contributed by atoms with Gasteiger partial charge in [-0.3, -0.25) is 9.79 Å². The summed E-state index contributed by atoms with van der Waals surface area (Å²) in [6, 6.07) is 0. The van der Waals surface area contributed by atoms with E-state index in [1.54, 1.807) is 0 Å². The second-order valence-corrected chi connectivity index (χ2v) is 14.4. The first-order valence-corrected chi connectivity index (χ1v) is 12.4. The summed E-state index contributed by atoms with van der Waals surface area (Å²) in [5, 5.41) is 0.213. The van der Waals surface area contributed by atoms with Gasteiger partial charge in [0.05, 0.1) is 0 Å². The number of hydrogen-bond acceptors (Lipinski definition) is 4. The molecule has 25 heavy (non-hydrogen) atoms. The van der Waals surface area contributed by atoms with Crippen molar-refractivity contribution in [3.8, 4) is 0 Å². The van der Waals surface area contributed by atoms with Gasteiger partial charge in [0.25, 0.3) is 0 Å². The zero-order valence-corrected chi connectivity index (χ0v) is 19.3. The van der Waals surface area contributed by atoms with Gasteiger partial charge in [0, 0.05) is 12.8 Å². The molecule has 5 heteroatoms. The van der Waals surface area contributed by atoms with Gasteiger partial charge >= 0.3 is 5.97 Å². The van der Waals surface area contributed by atoms with Gasteiger partial charge in [0.15, 0.2) is 8.32 Å². The van der Waals surface area contributed by atoms with Gasteiger partial charge in [0.1, 0.15) is 12.1 Å². The predicted molar refractivity (Wildman–Crippen MR) is 110 cm³/mol. The Morgan fingerprint density at radius 1 is 1.04 bits per heavy atom. The Morgan fingerprint density at radius 2 is 1.56 bits per heavy atom. The van der Waals surface area contributed by atoms with Crippen molar-refractivity contribution in [3.63, 3.8) is 0 Å². The van der Waals surface area contributed by atoms with Gasteiger partial charge in [0.2, 0.25) is 0 Å². The lowest BCUT2D eigenvalue weighted by atomic mass is 9.80. The second kappa shape index (κ2) is 9.31. The molecule has 148 valence electrons. The molecule has 0 aliphatic rings. The van der Waals surface area contributed by atoms with Crippen LogP contribution in [-0.2, 0) is 14.0 Å². The maximum atomic E-state index is 11.7. The number of carbonyl (C=O) groups is 1. The predicted octanol–water partition coefficient (Wildman–Crippen LogP) is 5.62. The van der Waals surface area contributed by atoms with Gasteiger partial charge in [-0.1, -0.05) is 34.6 Å². The van der Waals surface area contributed by atoms with Crippen LogP contribution < -0.4 is 0 Å². The number of esters is 1. The standard InChI is InChI=1S/C20H41NO3Si/c1-11-20(12-2,16-23-25(9,10)19(6,7)8)13-14-21-15-17(22)24-18(3,4)5/h14H,11-13,15-16H2,1-10H3. The second-order valence-electron chi connectivity index (χ2n) is 9.57. The van der Waals surface area contributed by atoms with Gasteiger partial charge in [-0.15, -0.1) is 0 Å². The molecule has 0 aliphatic heterocycles. The monoisotopic (exact) mass is 371 g/mol. The van der Waals surface area contributed by atoms with E-state index in [-0.39, 0.29) is 23.0 Å². The van der Waals surface area contributed by atoms with Crippen LogP contribution >= 0.6 is 0 Å². The highest BCUT2D eigenvalue weighted by molar-refractivity contribution is 6.74. The van der Waals surface area contributed by atoms with E-state index in [4.69, 9.17) is 9.16 Å². The first-order valence-electron chi connectivity index (χ1n) is 9.52. The van der Waals surface area contributed by atoms with E-state index in [1.807, 2.05) is 27.0 Å². The Hall–Kier alpha value is -0.683. The minimum Gasteiger partial charge on any atom is -0.459 e. The van der Waals surface area contributed by atoms with Crippen molar-refractivity contribution in [2.45, 2.75) is 98.4 Å². The van der Waals surface area contributed by atoms with Crippen LogP contribution in [0.4, 0.5) is 0 Å². The van der Waals surface area contributed by atoms with E-state index in [1.165, 1.54) is 0 Å². The largest absolute Gasteiger partial charge is 0.459 e. The van der Waals surface area contributed by atoms with Crippen molar-refractivity contribution in [2.75, 3.05) is 13.2 Å². The van der Waals surface area contributed by atoms with E-state index in [0.717, 1.165) is 25.9 Å². The molecular formula is C20H41NO3Si. The molecule has 0 atom stereocenters. The van der Waals surface area contributed by atoms with Crippen molar-refractivity contribution < 1.29 is 14.0 Å². The summed E-state index contributed by atoms with van der Waals surface area (Å²) in [5.41, 5.74) is -0.368. The number of aliphatic imine (C=N–C) groups is 1. The Bertz CT molecular complexity index is 441. The van der Waals surface area contributed by atoms with Crippen LogP contribution in [0.2, 0.25) is 18.1 Å². The van der Waals surface area contributed by atoms with Gasteiger partial charge in [-0.25, -0.2) is 0 Å². The highest BCUT2D eigenvalue weighted by Gasteiger charge is 2.39. The van der Waals surface area contributed by atoms with Gasteiger partial charge < -0.3 is 9.16 Å². The van der Waals surface area contributed by atoms with Crippen LogP contribution in [-0.4, -0.2) is 39.3 Å². The zero-order chi connectivity index (χ0) is 19.9.